The molecular formula is C57H42N2Si. The lowest BCUT2D eigenvalue weighted by Gasteiger charge is -2.34. The monoisotopic (exact) mass is 782 g/mol. The van der Waals surface area contributed by atoms with Crippen LogP contribution in [0.4, 0.5) is 0 Å². The molecule has 11 aromatic rings. The van der Waals surface area contributed by atoms with Crippen LogP contribution in [-0.4, -0.2) is 17.2 Å². The lowest BCUT2D eigenvalue weighted by atomic mass is 9.82. The minimum absolute atomic E-state index is 0.0632. The van der Waals surface area contributed by atoms with Gasteiger partial charge in [0, 0.05) is 38.3 Å². The number of rotatable bonds is 6. The zero-order valence-electron chi connectivity index (χ0n) is 33.7. The van der Waals surface area contributed by atoms with Gasteiger partial charge in [0.15, 0.2) is 8.07 Å². The zero-order valence-corrected chi connectivity index (χ0v) is 34.7. The van der Waals surface area contributed by atoms with Gasteiger partial charge in [-0.05, 0) is 97.6 Å². The quantitative estimate of drug-likeness (QED) is 0.117. The second-order valence-corrected chi connectivity index (χ2v) is 20.7. The zero-order chi connectivity index (χ0) is 40.0. The minimum atomic E-state index is -2.90. The molecule has 0 bridgehead atoms. The Bertz CT molecular complexity index is 3390. The Morgan fingerprint density at radius 1 is 0.317 bits per heavy atom. The molecule has 284 valence electrons. The molecule has 0 N–H and O–H groups in total. The van der Waals surface area contributed by atoms with Crippen molar-refractivity contribution >= 4 is 72.4 Å². The molecule has 3 heteroatoms. The molecule has 9 aromatic carbocycles. The van der Waals surface area contributed by atoms with Crippen molar-refractivity contribution in [3.63, 3.8) is 0 Å². The smallest absolute Gasteiger partial charge is 0.179 e. The summed E-state index contributed by atoms with van der Waals surface area (Å²) in [5, 5.41) is 10.5. The van der Waals surface area contributed by atoms with E-state index < -0.39 is 8.07 Å². The summed E-state index contributed by atoms with van der Waals surface area (Å²) in [6, 6.07) is 82.0. The SMILES string of the molecule is CC1(C)c2ccccc2-c2cc3c(cc21)c1ccccc1n3-c1ccc([Si](c2ccccc2)(c2ccccc2)c2ccc3c4ccccc4n(-c4ccccc4)c3c2)cc1. The van der Waals surface area contributed by atoms with E-state index in [4.69, 9.17) is 0 Å². The summed E-state index contributed by atoms with van der Waals surface area (Å²) in [7, 11) is -2.90. The number of fused-ring (bicyclic) bond motifs is 9. The molecule has 0 radical (unpaired) electrons. The fourth-order valence-electron chi connectivity index (χ4n) is 10.7. The molecule has 2 heterocycles. The molecule has 2 aromatic heterocycles. The van der Waals surface area contributed by atoms with Crippen molar-refractivity contribution in [2.24, 2.45) is 0 Å². The molecule has 0 unspecified atom stereocenters. The second-order valence-electron chi connectivity index (χ2n) is 16.9. The van der Waals surface area contributed by atoms with Gasteiger partial charge in [-0.1, -0.05) is 178 Å². The van der Waals surface area contributed by atoms with E-state index in [0.29, 0.717) is 0 Å². The summed E-state index contributed by atoms with van der Waals surface area (Å²) in [6.45, 7) is 4.74. The first kappa shape index (κ1) is 34.8. The van der Waals surface area contributed by atoms with Crippen LogP contribution in [0.1, 0.15) is 25.0 Å². The van der Waals surface area contributed by atoms with E-state index in [-0.39, 0.29) is 5.41 Å². The van der Waals surface area contributed by atoms with Gasteiger partial charge in [-0.15, -0.1) is 0 Å². The summed E-state index contributed by atoms with van der Waals surface area (Å²) >= 11 is 0. The molecule has 0 amide bonds. The largest absolute Gasteiger partial charge is 0.309 e. The Hall–Kier alpha value is -7.20. The van der Waals surface area contributed by atoms with Crippen molar-refractivity contribution in [2.75, 3.05) is 0 Å². The standard InChI is InChI=1S/C57H42N2Si/c1-57(2)51-27-15-12-24-45(51)49-38-56-50(37-52(49)57)47-26-14-17-29-54(47)59(56)40-30-32-43(33-31-40)60(41-20-8-4-9-21-41,42-22-10-5-11-23-42)44-34-35-48-46-25-13-16-28-53(46)58(55(48)36-44)39-18-6-3-7-19-39/h3-38H,1-2H3. The van der Waals surface area contributed by atoms with E-state index in [1.54, 1.807) is 0 Å². The van der Waals surface area contributed by atoms with Crippen LogP contribution >= 0.6 is 0 Å². The fraction of sp³-hybridized carbons (Fsp3) is 0.0526. The topological polar surface area (TPSA) is 9.86 Å². The number of hydrogen-bond acceptors (Lipinski definition) is 0. The van der Waals surface area contributed by atoms with Crippen LogP contribution in [0.3, 0.4) is 0 Å². The van der Waals surface area contributed by atoms with Crippen LogP contribution in [-0.2, 0) is 5.41 Å². The highest BCUT2D eigenvalue weighted by molar-refractivity contribution is 7.20. The molecule has 0 fully saturated rings. The molecule has 12 rings (SSSR count). The van der Waals surface area contributed by atoms with Crippen molar-refractivity contribution in [3.8, 4) is 22.5 Å². The molecular weight excluding hydrogens is 741 g/mol. The molecule has 0 saturated heterocycles. The maximum atomic E-state index is 2.51. The maximum Gasteiger partial charge on any atom is 0.179 e. The van der Waals surface area contributed by atoms with Crippen LogP contribution in [0.25, 0.3) is 66.1 Å². The van der Waals surface area contributed by atoms with E-state index in [1.807, 2.05) is 0 Å². The summed E-state index contributed by atoms with van der Waals surface area (Å²) in [6.07, 6.45) is 0. The molecule has 1 aliphatic rings. The van der Waals surface area contributed by atoms with Crippen LogP contribution in [0.2, 0.25) is 0 Å². The average molecular weight is 783 g/mol. The summed E-state index contributed by atoms with van der Waals surface area (Å²) < 4.78 is 4.94. The molecule has 2 nitrogen and oxygen atoms in total. The van der Waals surface area contributed by atoms with Crippen LogP contribution in [0.15, 0.2) is 218 Å². The summed E-state index contributed by atoms with van der Waals surface area (Å²) in [4.78, 5) is 0. The lowest BCUT2D eigenvalue weighted by Crippen LogP contribution is -2.74. The van der Waals surface area contributed by atoms with E-state index >= 15 is 0 Å². The van der Waals surface area contributed by atoms with E-state index in [9.17, 15) is 0 Å². The number of para-hydroxylation sites is 3. The number of nitrogens with zero attached hydrogens (tertiary/aromatic N) is 2. The fourth-order valence-corrected chi connectivity index (χ4v) is 15.5. The third kappa shape index (κ3) is 4.87. The van der Waals surface area contributed by atoms with Gasteiger partial charge in [-0.3, -0.25) is 0 Å². The first-order chi connectivity index (χ1) is 29.5. The van der Waals surface area contributed by atoms with Gasteiger partial charge in [0.1, 0.15) is 0 Å². The van der Waals surface area contributed by atoms with Crippen molar-refractivity contribution in [1.29, 1.82) is 0 Å². The molecule has 0 atom stereocenters. The predicted octanol–water partition coefficient (Wildman–Crippen LogP) is 11.6. The van der Waals surface area contributed by atoms with Crippen molar-refractivity contribution in [3.05, 3.63) is 230 Å². The summed E-state index contributed by atoms with van der Waals surface area (Å²) in [5.74, 6) is 0. The molecule has 0 aliphatic heterocycles. The van der Waals surface area contributed by atoms with Gasteiger partial charge in [-0.2, -0.15) is 0 Å². The molecule has 0 saturated carbocycles. The van der Waals surface area contributed by atoms with Gasteiger partial charge < -0.3 is 9.13 Å². The molecule has 1 aliphatic carbocycles. The predicted molar refractivity (Wildman–Crippen MR) is 256 cm³/mol. The van der Waals surface area contributed by atoms with E-state index in [0.717, 1.165) is 0 Å². The first-order valence-corrected chi connectivity index (χ1v) is 23.0. The Morgan fingerprint density at radius 3 is 1.43 bits per heavy atom. The number of hydrogen-bond donors (Lipinski definition) is 0. The Kier molecular flexibility index (Phi) is 7.63. The number of aromatic nitrogens is 2. The van der Waals surface area contributed by atoms with Gasteiger partial charge in [0.25, 0.3) is 0 Å². The van der Waals surface area contributed by atoms with Gasteiger partial charge >= 0.3 is 0 Å². The Balaban J connectivity index is 1.11. The van der Waals surface area contributed by atoms with Crippen LogP contribution in [0, 0.1) is 0 Å². The number of benzene rings is 9. The lowest BCUT2D eigenvalue weighted by molar-refractivity contribution is 0.661. The minimum Gasteiger partial charge on any atom is -0.309 e. The first-order valence-electron chi connectivity index (χ1n) is 21.0. The Morgan fingerprint density at radius 2 is 0.783 bits per heavy atom. The van der Waals surface area contributed by atoms with Crippen molar-refractivity contribution in [2.45, 2.75) is 19.3 Å². The van der Waals surface area contributed by atoms with Gasteiger partial charge in [0.2, 0.25) is 0 Å². The molecule has 60 heavy (non-hydrogen) atoms. The van der Waals surface area contributed by atoms with Crippen molar-refractivity contribution < 1.29 is 0 Å². The maximum absolute atomic E-state index is 2.90. The third-order valence-electron chi connectivity index (χ3n) is 13.5. The van der Waals surface area contributed by atoms with Crippen LogP contribution in [0.5, 0.6) is 0 Å². The highest BCUT2D eigenvalue weighted by Gasteiger charge is 2.42. The second kappa shape index (κ2) is 13.2. The van der Waals surface area contributed by atoms with Crippen molar-refractivity contribution in [1.82, 2.24) is 9.13 Å². The summed E-state index contributed by atoms with van der Waals surface area (Å²) in [5.41, 5.74) is 12.7. The van der Waals surface area contributed by atoms with E-state index in [2.05, 4.69) is 241 Å². The van der Waals surface area contributed by atoms with Gasteiger partial charge in [0.05, 0.1) is 22.1 Å². The highest BCUT2D eigenvalue weighted by Crippen LogP contribution is 2.51. The van der Waals surface area contributed by atoms with Crippen LogP contribution < -0.4 is 20.7 Å². The molecule has 0 spiro atoms. The highest BCUT2D eigenvalue weighted by atomic mass is 28.3. The third-order valence-corrected chi connectivity index (χ3v) is 18.2. The van der Waals surface area contributed by atoms with Gasteiger partial charge in [-0.25, -0.2) is 0 Å². The Labute approximate surface area is 351 Å². The van der Waals surface area contributed by atoms with E-state index in [1.165, 1.54) is 98.0 Å². The average Bonchev–Trinajstić information content (AvgIpc) is 3.90. The normalized spacial score (nSPS) is 13.3.